The summed E-state index contributed by atoms with van der Waals surface area (Å²) in [6, 6.07) is 5.00. The Kier molecular flexibility index (Phi) is 4.98. The molecule has 1 aliphatic heterocycles. The molecule has 0 saturated carbocycles. The molecule has 2 N–H and O–H groups in total. The highest BCUT2D eigenvalue weighted by atomic mass is 35.5. The van der Waals surface area contributed by atoms with Crippen LogP contribution in [0.15, 0.2) is 29.5 Å². The summed E-state index contributed by atoms with van der Waals surface area (Å²) < 4.78 is 1.75. The third-order valence-corrected chi connectivity index (χ3v) is 5.93. The molecule has 1 aromatic heterocycles. The van der Waals surface area contributed by atoms with Gasteiger partial charge in [0, 0.05) is 30.7 Å². The fourth-order valence-electron chi connectivity index (χ4n) is 3.99. The van der Waals surface area contributed by atoms with Crippen LogP contribution in [0.2, 0.25) is 10.0 Å². The van der Waals surface area contributed by atoms with Crippen LogP contribution >= 0.6 is 23.2 Å². The molecule has 0 saturated heterocycles. The molecule has 0 bridgehead atoms. The number of hydrogen-bond donors (Lipinski definition) is 2. The Morgan fingerprint density at radius 1 is 1.29 bits per heavy atom. The molecule has 0 spiro atoms. The second-order valence-corrected chi connectivity index (χ2v) is 8.97. The lowest BCUT2D eigenvalue weighted by molar-refractivity contribution is -0.118. The van der Waals surface area contributed by atoms with Crippen LogP contribution in [0, 0.1) is 5.41 Å². The van der Waals surface area contributed by atoms with Gasteiger partial charge in [0.2, 0.25) is 5.95 Å². The summed E-state index contributed by atoms with van der Waals surface area (Å²) in [7, 11) is 0. The van der Waals surface area contributed by atoms with E-state index in [1.165, 1.54) is 0 Å². The van der Waals surface area contributed by atoms with Crippen LogP contribution in [-0.2, 0) is 11.2 Å². The number of halogens is 2. The molecular formula is C20H22Cl2N4O2. The minimum absolute atomic E-state index is 0.0783. The van der Waals surface area contributed by atoms with Crippen LogP contribution in [0.25, 0.3) is 0 Å². The van der Waals surface area contributed by atoms with Gasteiger partial charge in [-0.2, -0.15) is 10.1 Å². The Morgan fingerprint density at radius 3 is 2.79 bits per heavy atom. The van der Waals surface area contributed by atoms with Crippen LogP contribution in [0.4, 0.5) is 5.95 Å². The summed E-state index contributed by atoms with van der Waals surface area (Å²) in [5, 5.41) is 18.0. The lowest BCUT2D eigenvalue weighted by Gasteiger charge is -2.38. The van der Waals surface area contributed by atoms with E-state index in [1.807, 2.05) is 6.07 Å². The van der Waals surface area contributed by atoms with Gasteiger partial charge in [0.15, 0.2) is 11.6 Å². The van der Waals surface area contributed by atoms with Crippen LogP contribution in [0.5, 0.6) is 0 Å². The van der Waals surface area contributed by atoms with E-state index in [-0.39, 0.29) is 17.8 Å². The van der Waals surface area contributed by atoms with E-state index in [1.54, 1.807) is 16.8 Å². The third-order valence-electron chi connectivity index (χ3n) is 5.19. The molecule has 2 aliphatic rings. The highest BCUT2D eigenvalue weighted by Crippen LogP contribution is 2.45. The molecule has 1 aromatic carbocycles. The molecule has 1 atom stereocenters. The van der Waals surface area contributed by atoms with Crippen molar-refractivity contribution in [2.24, 2.45) is 5.41 Å². The van der Waals surface area contributed by atoms with Gasteiger partial charge in [0.1, 0.15) is 6.04 Å². The van der Waals surface area contributed by atoms with E-state index in [2.05, 4.69) is 29.2 Å². The van der Waals surface area contributed by atoms with Gasteiger partial charge in [-0.05, 0) is 36.0 Å². The number of carbonyl (C=O) groups excluding carboxylic acids is 1. The standard InChI is InChI=1S/C20H22Cl2N4O2/c1-20(2)9-14-17(15(28)10-20)18(11-5-6-12(21)13(22)8-11)26-19(23-14)24-16(25-26)4-3-7-27/h5-6,8,18,27H,3-4,7,9-10H2,1-2H3,(H,23,24,25). The van der Waals surface area contributed by atoms with E-state index in [4.69, 9.17) is 28.3 Å². The molecular weight excluding hydrogens is 399 g/mol. The van der Waals surface area contributed by atoms with Crippen LogP contribution in [0.3, 0.4) is 0 Å². The van der Waals surface area contributed by atoms with Crippen molar-refractivity contribution in [2.45, 2.75) is 45.6 Å². The van der Waals surface area contributed by atoms with Gasteiger partial charge in [-0.3, -0.25) is 4.79 Å². The average Bonchev–Trinajstić information content (AvgIpc) is 3.02. The van der Waals surface area contributed by atoms with Gasteiger partial charge >= 0.3 is 0 Å². The Balaban J connectivity index is 1.86. The molecule has 1 aliphatic carbocycles. The summed E-state index contributed by atoms with van der Waals surface area (Å²) in [5.74, 6) is 1.34. The maximum Gasteiger partial charge on any atom is 0.226 e. The average molecular weight is 421 g/mol. The lowest BCUT2D eigenvalue weighted by Crippen LogP contribution is -2.36. The maximum atomic E-state index is 13.1. The Morgan fingerprint density at radius 2 is 2.07 bits per heavy atom. The first kappa shape index (κ1) is 19.4. The minimum Gasteiger partial charge on any atom is -0.396 e. The zero-order valence-electron chi connectivity index (χ0n) is 15.8. The first-order valence-electron chi connectivity index (χ1n) is 9.33. The van der Waals surface area contributed by atoms with Crippen molar-refractivity contribution >= 4 is 34.9 Å². The molecule has 6 nitrogen and oxygen atoms in total. The summed E-state index contributed by atoms with van der Waals surface area (Å²) in [6.45, 7) is 4.27. The normalized spacial score (nSPS) is 20.6. The van der Waals surface area contributed by atoms with Crippen molar-refractivity contribution in [1.82, 2.24) is 14.8 Å². The topological polar surface area (TPSA) is 80.0 Å². The zero-order valence-corrected chi connectivity index (χ0v) is 17.3. The number of anilines is 1. The smallest absolute Gasteiger partial charge is 0.226 e. The Bertz CT molecular complexity index is 981. The molecule has 0 radical (unpaired) electrons. The number of nitrogens with one attached hydrogen (secondary N) is 1. The fraction of sp³-hybridized carbons (Fsp3) is 0.450. The number of ketones is 1. The number of aliphatic hydroxyl groups is 1. The van der Waals surface area contributed by atoms with Crippen molar-refractivity contribution in [3.8, 4) is 0 Å². The number of Topliss-reactive ketones (excluding diaryl/α,β-unsaturated/α-hetero) is 1. The second-order valence-electron chi connectivity index (χ2n) is 8.16. The third kappa shape index (κ3) is 3.45. The first-order valence-corrected chi connectivity index (χ1v) is 10.1. The van der Waals surface area contributed by atoms with Gasteiger partial charge in [-0.25, -0.2) is 4.68 Å². The van der Waals surface area contributed by atoms with Crippen molar-refractivity contribution in [3.05, 3.63) is 50.9 Å². The van der Waals surface area contributed by atoms with Crippen LogP contribution in [0.1, 0.15) is 50.5 Å². The Labute approximate surface area is 173 Å². The minimum atomic E-state index is -0.403. The number of nitrogens with zero attached hydrogens (tertiary/aromatic N) is 3. The van der Waals surface area contributed by atoms with Gasteiger partial charge in [-0.1, -0.05) is 43.1 Å². The maximum absolute atomic E-state index is 13.1. The fourth-order valence-corrected chi connectivity index (χ4v) is 4.29. The number of allylic oxidation sites excluding steroid dienone is 2. The number of aromatic nitrogens is 3. The first-order chi connectivity index (χ1) is 13.3. The second kappa shape index (κ2) is 7.17. The van der Waals surface area contributed by atoms with E-state index in [0.29, 0.717) is 46.7 Å². The van der Waals surface area contributed by atoms with Crippen molar-refractivity contribution in [1.29, 1.82) is 0 Å². The molecule has 148 valence electrons. The van der Waals surface area contributed by atoms with E-state index in [9.17, 15) is 4.79 Å². The van der Waals surface area contributed by atoms with Gasteiger partial charge in [0.25, 0.3) is 0 Å². The number of rotatable bonds is 4. The number of benzene rings is 1. The number of hydrogen-bond acceptors (Lipinski definition) is 5. The SMILES string of the molecule is CC1(C)CC(=O)C2=C(C1)Nc1nc(CCCO)nn1C2c1ccc(Cl)c(Cl)c1. The van der Waals surface area contributed by atoms with Crippen molar-refractivity contribution < 1.29 is 9.90 Å². The Hall–Kier alpha value is -1.89. The summed E-state index contributed by atoms with van der Waals surface area (Å²) in [4.78, 5) is 17.7. The molecule has 2 heterocycles. The van der Waals surface area contributed by atoms with Gasteiger partial charge in [0.05, 0.1) is 10.0 Å². The number of aliphatic hydroxyl groups excluding tert-OH is 1. The molecule has 4 rings (SSSR count). The van der Waals surface area contributed by atoms with E-state index < -0.39 is 6.04 Å². The predicted molar refractivity (Wildman–Crippen MR) is 109 cm³/mol. The monoisotopic (exact) mass is 420 g/mol. The summed E-state index contributed by atoms with van der Waals surface area (Å²) >= 11 is 12.4. The molecule has 2 aromatic rings. The zero-order chi connectivity index (χ0) is 20.1. The molecule has 8 heteroatoms. The predicted octanol–water partition coefficient (Wildman–Crippen LogP) is 4.17. The quantitative estimate of drug-likeness (QED) is 0.775. The number of carbonyl (C=O) groups is 1. The highest BCUT2D eigenvalue weighted by molar-refractivity contribution is 6.42. The van der Waals surface area contributed by atoms with E-state index >= 15 is 0 Å². The largest absolute Gasteiger partial charge is 0.396 e. The number of aryl methyl sites for hydroxylation is 1. The molecule has 28 heavy (non-hydrogen) atoms. The summed E-state index contributed by atoms with van der Waals surface area (Å²) in [6.07, 6.45) is 2.38. The van der Waals surface area contributed by atoms with Crippen molar-refractivity contribution in [3.63, 3.8) is 0 Å². The van der Waals surface area contributed by atoms with Crippen LogP contribution in [-0.4, -0.2) is 32.3 Å². The van der Waals surface area contributed by atoms with Crippen molar-refractivity contribution in [2.75, 3.05) is 11.9 Å². The molecule has 0 amide bonds. The summed E-state index contributed by atoms with van der Waals surface area (Å²) in [5.41, 5.74) is 2.33. The van der Waals surface area contributed by atoms with Crippen LogP contribution < -0.4 is 5.32 Å². The van der Waals surface area contributed by atoms with Gasteiger partial charge in [-0.15, -0.1) is 0 Å². The van der Waals surface area contributed by atoms with E-state index in [0.717, 1.165) is 17.7 Å². The van der Waals surface area contributed by atoms with Gasteiger partial charge < -0.3 is 10.4 Å². The highest BCUT2D eigenvalue weighted by Gasteiger charge is 2.41. The molecule has 0 fully saturated rings. The lowest BCUT2D eigenvalue weighted by atomic mass is 9.73. The molecule has 1 unspecified atom stereocenters. The number of fused-ring (bicyclic) bond motifs is 1.